The molecule has 0 spiro atoms. The maximum atomic E-state index is 13.5. The number of nitrogens with zero attached hydrogens (tertiary/aromatic N) is 1. The van der Waals surface area contributed by atoms with Gasteiger partial charge in [-0.05, 0) is 42.3 Å². The van der Waals surface area contributed by atoms with Crippen molar-refractivity contribution >= 4 is 5.97 Å². The highest BCUT2D eigenvalue weighted by Gasteiger charge is 2.25. The highest BCUT2D eigenvalue weighted by Crippen LogP contribution is 2.26. The number of carboxylic acids is 1. The third-order valence-electron chi connectivity index (χ3n) is 4.78. The van der Waals surface area contributed by atoms with Gasteiger partial charge >= 0.3 is 5.97 Å². The number of methoxy groups -OCH3 is 1. The van der Waals surface area contributed by atoms with E-state index in [0.717, 1.165) is 18.5 Å². The molecule has 3 rings (SSSR count). The molecule has 2 aromatic carbocycles. The van der Waals surface area contributed by atoms with Gasteiger partial charge in [0.15, 0.2) is 0 Å². The summed E-state index contributed by atoms with van der Waals surface area (Å²) in [5, 5.41) is 18.8. The van der Waals surface area contributed by atoms with E-state index in [1.54, 1.807) is 37.4 Å². The summed E-state index contributed by atoms with van der Waals surface area (Å²) in [6.45, 7) is 2.06. The van der Waals surface area contributed by atoms with Crippen molar-refractivity contribution in [2.24, 2.45) is 0 Å². The van der Waals surface area contributed by atoms with E-state index >= 15 is 0 Å². The average Bonchev–Trinajstić information content (AvgIpc) is 3.08. The van der Waals surface area contributed by atoms with Gasteiger partial charge in [0.25, 0.3) is 0 Å². The minimum absolute atomic E-state index is 0.0357. The van der Waals surface area contributed by atoms with Crippen LogP contribution in [0.25, 0.3) is 0 Å². The molecule has 1 unspecified atom stereocenters. The van der Waals surface area contributed by atoms with Crippen molar-refractivity contribution in [2.75, 3.05) is 20.2 Å². The van der Waals surface area contributed by atoms with Crippen LogP contribution in [0.3, 0.4) is 0 Å². The van der Waals surface area contributed by atoms with Gasteiger partial charge in [0, 0.05) is 25.2 Å². The molecule has 6 nitrogen and oxygen atoms in total. The lowest BCUT2D eigenvalue weighted by molar-refractivity contribution is -0.139. The zero-order valence-corrected chi connectivity index (χ0v) is 15.7. The zero-order valence-electron chi connectivity index (χ0n) is 15.7. The molecular formula is C21H24FNO5. The van der Waals surface area contributed by atoms with E-state index in [9.17, 15) is 14.3 Å². The topological polar surface area (TPSA) is 79.2 Å². The number of ether oxygens (including phenoxy) is 2. The molecule has 1 fully saturated rings. The van der Waals surface area contributed by atoms with Gasteiger partial charge in [-0.3, -0.25) is 9.69 Å². The van der Waals surface area contributed by atoms with Crippen molar-refractivity contribution in [3.8, 4) is 11.5 Å². The van der Waals surface area contributed by atoms with Crippen LogP contribution in [0.4, 0.5) is 4.39 Å². The third-order valence-corrected chi connectivity index (χ3v) is 4.78. The summed E-state index contributed by atoms with van der Waals surface area (Å²) in [5.41, 5.74) is 1.31. The number of benzene rings is 2. The van der Waals surface area contributed by atoms with Gasteiger partial charge in [0.2, 0.25) is 0 Å². The number of aliphatic carboxylic acids is 1. The Labute approximate surface area is 163 Å². The Hall–Kier alpha value is -2.64. The van der Waals surface area contributed by atoms with E-state index < -0.39 is 12.1 Å². The van der Waals surface area contributed by atoms with Gasteiger partial charge in [-0.1, -0.05) is 12.1 Å². The molecule has 2 atom stereocenters. The first-order chi connectivity index (χ1) is 13.4. The highest BCUT2D eigenvalue weighted by atomic mass is 19.1. The van der Waals surface area contributed by atoms with Crippen LogP contribution in [0.2, 0.25) is 0 Å². The minimum Gasteiger partial charge on any atom is -0.496 e. The van der Waals surface area contributed by atoms with E-state index in [1.807, 2.05) is 0 Å². The molecule has 1 heterocycles. The second-order valence-electron chi connectivity index (χ2n) is 6.91. The quantitative estimate of drug-likeness (QED) is 0.723. The van der Waals surface area contributed by atoms with Crippen LogP contribution >= 0.6 is 0 Å². The molecule has 0 radical (unpaired) electrons. The van der Waals surface area contributed by atoms with Crippen molar-refractivity contribution < 1.29 is 28.9 Å². The predicted octanol–water partition coefficient (Wildman–Crippen LogP) is 3.00. The molecule has 0 aliphatic carbocycles. The summed E-state index contributed by atoms with van der Waals surface area (Å²) < 4.78 is 24.9. The second kappa shape index (κ2) is 9.03. The largest absolute Gasteiger partial charge is 0.496 e. The number of carbonyl (C=O) groups is 1. The summed E-state index contributed by atoms with van der Waals surface area (Å²) in [6.07, 6.45) is -0.636. The van der Waals surface area contributed by atoms with Gasteiger partial charge in [0.1, 0.15) is 23.4 Å². The fourth-order valence-corrected chi connectivity index (χ4v) is 3.42. The predicted molar refractivity (Wildman–Crippen MR) is 101 cm³/mol. The number of hydrogen-bond acceptors (Lipinski definition) is 5. The second-order valence-corrected chi connectivity index (χ2v) is 6.91. The highest BCUT2D eigenvalue weighted by molar-refractivity contribution is 5.67. The molecule has 0 bridgehead atoms. The maximum absolute atomic E-state index is 13.5. The van der Waals surface area contributed by atoms with Crippen molar-refractivity contribution in [3.63, 3.8) is 0 Å². The standard InChI is InChI=1S/C21H24FNO5/c1-27-20-6-5-16(22)9-15(20)12-23-8-7-18(13-23)28-17-4-2-3-14(10-17)19(24)11-21(25)26/h2-6,9-10,18-19,24H,7-8,11-13H2,1H3,(H,25,26)/t18?,19-/m1/s1. The summed E-state index contributed by atoms with van der Waals surface area (Å²) in [7, 11) is 1.57. The number of halogens is 1. The van der Waals surface area contributed by atoms with Crippen LogP contribution in [0.5, 0.6) is 11.5 Å². The Morgan fingerprint density at radius 3 is 2.89 bits per heavy atom. The third kappa shape index (κ3) is 5.21. The number of carboxylic acid groups (broad SMARTS) is 1. The summed E-state index contributed by atoms with van der Waals surface area (Å²) in [5.74, 6) is -0.0967. The van der Waals surface area contributed by atoms with Gasteiger partial charge in [0.05, 0.1) is 19.6 Å². The molecule has 1 aliphatic heterocycles. The summed E-state index contributed by atoms with van der Waals surface area (Å²) >= 11 is 0. The van der Waals surface area contributed by atoms with Crippen LogP contribution in [-0.2, 0) is 11.3 Å². The Morgan fingerprint density at radius 1 is 1.32 bits per heavy atom. The van der Waals surface area contributed by atoms with Crippen molar-refractivity contribution in [1.29, 1.82) is 0 Å². The van der Waals surface area contributed by atoms with Gasteiger partial charge in [-0.25, -0.2) is 4.39 Å². The molecule has 0 amide bonds. The molecular weight excluding hydrogens is 365 g/mol. The number of likely N-dealkylation sites (tertiary alicyclic amines) is 1. The molecule has 0 aromatic heterocycles. The normalized spacial score (nSPS) is 18.0. The van der Waals surface area contributed by atoms with E-state index in [-0.39, 0.29) is 18.3 Å². The first-order valence-electron chi connectivity index (χ1n) is 9.16. The van der Waals surface area contributed by atoms with E-state index in [1.165, 1.54) is 12.1 Å². The molecule has 28 heavy (non-hydrogen) atoms. The SMILES string of the molecule is COc1ccc(F)cc1CN1CCC(Oc2cccc([C@H](O)CC(=O)O)c2)C1. The smallest absolute Gasteiger partial charge is 0.306 e. The summed E-state index contributed by atoms with van der Waals surface area (Å²) in [4.78, 5) is 12.9. The lowest BCUT2D eigenvalue weighted by Gasteiger charge is -2.19. The van der Waals surface area contributed by atoms with Crippen LogP contribution in [0.15, 0.2) is 42.5 Å². The Kier molecular flexibility index (Phi) is 6.49. The molecule has 1 aliphatic rings. The number of aliphatic hydroxyl groups excluding tert-OH is 1. The first kappa shape index (κ1) is 20.1. The monoisotopic (exact) mass is 389 g/mol. The van der Waals surface area contributed by atoms with Crippen LogP contribution < -0.4 is 9.47 Å². The molecule has 2 N–H and O–H groups in total. The zero-order chi connectivity index (χ0) is 20.1. The van der Waals surface area contributed by atoms with Crippen molar-refractivity contribution in [3.05, 3.63) is 59.4 Å². The fraction of sp³-hybridized carbons (Fsp3) is 0.381. The molecule has 2 aromatic rings. The van der Waals surface area contributed by atoms with Crippen LogP contribution in [0.1, 0.15) is 30.1 Å². The molecule has 7 heteroatoms. The fourth-order valence-electron chi connectivity index (χ4n) is 3.42. The lowest BCUT2D eigenvalue weighted by atomic mass is 10.1. The number of rotatable bonds is 8. The van der Waals surface area contributed by atoms with Gasteiger partial charge in [-0.15, -0.1) is 0 Å². The van der Waals surface area contributed by atoms with Gasteiger partial charge < -0.3 is 19.7 Å². The Bertz CT molecular complexity index is 828. The summed E-state index contributed by atoms with van der Waals surface area (Å²) in [6, 6.07) is 11.4. The maximum Gasteiger partial charge on any atom is 0.306 e. The van der Waals surface area contributed by atoms with E-state index in [0.29, 0.717) is 30.2 Å². The average molecular weight is 389 g/mol. The molecule has 0 saturated carbocycles. The van der Waals surface area contributed by atoms with Crippen molar-refractivity contribution in [1.82, 2.24) is 4.90 Å². The molecule has 1 saturated heterocycles. The number of aliphatic hydroxyl groups is 1. The Balaban J connectivity index is 1.59. The van der Waals surface area contributed by atoms with Gasteiger partial charge in [-0.2, -0.15) is 0 Å². The Morgan fingerprint density at radius 2 is 2.14 bits per heavy atom. The minimum atomic E-state index is -1.07. The van der Waals surface area contributed by atoms with E-state index in [2.05, 4.69) is 4.90 Å². The lowest BCUT2D eigenvalue weighted by Crippen LogP contribution is -2.24. The first-order valence-corrected chi connectivity index (χ1v) is 9.16. The number of hydrogen-bond donors (Lipinski definition) is 2. The van der Waals surface area contributed by atoms with Crippen LogP contribution in [-0.4, -0.2) is 47.4 Å². The van der Waals surface area contributed by atoms with Crippen LogP contribution in [0, 0.1) is 5.82 Å². The molecule has 150 valence electrons. The van der Waals surface area contributed by atoms with Crippen molar-refractivity contribution in [2.45, 2.75) is 31.6 Å². The van der Waals surface area contributed by atoms with E-state index in [4.69, 9.17) is 14.6 Å².